The highest BCUT2D eigenvalue weighted by atomic mass is 32.2. The van der Waals surface area contributed by atoms with E-state index in [0.717, 1.165) is 0 Å². The summed E-state index contributed by atoms with van der Waals surface area (Å²) in [6.07, 6.45) is 0.0590. The van der Waals surface area contributed by atoms with Crippen molar-refractivity contribution in [1.82, 2.24) is 4.72 Å². The number of sulfonamides is 1. The van der Waals surface area contributed by atoms with E-state index in [1.807, 2.05) is 6.07 Å². The first kappa shape index (κ1) is 23.0. The molecule has 34 heavy (non-hydrogen) atoms. The lowest BCUT2D eigenvalue weighted by Gasteiger charge is -2.10. The lowest BCUT2D eigenvalue weighted by molar-refractivity contribution is -0.116. The fourth-order valence-electron chi connectivity index (χ4n) is 3.39. The number of benzene rings is 3. The monoisotopic (exact) mass is 478 g/mol. The number of anilines is 2. The maximum absolute atomic E-state index is 12.5. The normalized spacial score (nSPS) is 14.7. The maximum atomic E-state index is 12.5. The van der Waals surface area contributed by atoms with Crippen LogP contribution in [-0.4, -0.2) is 39.7 Å². The summed E-state index contributed by atoms with van der Waals surface area (Å²) in [6.45, 7) is 0.109. The number of nitrogens with zero attached hydrogens (tertiary/aromatic N) is 1. The first-order chi connectivity index (χ1) is 16.4. The van der Waals surface area contributed by atoms with Crippen LogP contribution in [0.15, 0.2) is 82.7 Å². The fourth-order valence-corrected chi connectivity index (χ4v) is 4.64. The van der Waals surface area contributed by atoms with Crippen LogP contribution < -0.4 is 20.1 Å². The first-order valence-corrected chi connectivity index (χ1v) is 11.9. The van der Waals surface area contributed by atoms with Crippen LogP contribution in [0.3, 0.4) is 0 Å². The standard InChI is InChI=1S/C24H22N4O5S/c1-33-20-8-4-3-7-19(20)27-24(30)16-10-12-17(13-11-16)26-22(29)14-15-25-23-18-6-2-5-9-21(18)34(31,32)28-23/h2-13H,14-15H2,1H3,(H,25,28)(H,26,29)(H,27,30). The predicted octanol–water partition coefficient (Wildman–Crippen LogP) is 3.01. The molecule has 0 unspecified atom stereocenters. The van der Waals surface area contributed by atoms with Crippen LogP contribution in [0, 0.1) is 0 Å². The van der Waals surface area contributed by atoms with Crippen LogP contribution in [-0.2, 0) is 14.8 Å². The van der Waals surface area contributed by atoms with E-state index in [1.165, 1.54) is 13.2 Å². The number of hydrogen-bond acceptors (Lipinski definition) is 6. The number of para-hydroxylation sites is 2. The van der Waals surface area contributed by atoms with Gasteiger partial charge in [0.05, 0.1) is 24.2 Å². The second kappa shape index (κ2) is 9.75. The van der Waals surface area contributed by atoms with Gasteiger partial charge in [-0.15, -0.1) is 0 Å². The molecule has 1 aliphatic rings. The molecule has 174 valence electrons. The number of ether oxygens (including phenoxy) is 1. The quantitative estimate of drug-likeness (QED) is 0.481. The molecule has 0 saturated carbocycles. The molecule has 3 aromatic carbocycles. The number of amides is 2. The van der Waals surface area contributed by atoms with Gasteiger partial charge in [-0.05, 0) is 48.5 Å². The number of carbonyl (C=O) groups is 2. The molecular formula is C24H22N4O5S. The van der Waals surface area contributed by atoms with Gasteiger partial charge in [0.15, 0.2) is 0 Å². The Morgan fingerprint density at radius 3 is 2.41 bits per heavy atom. The zero-order valence-corrected chi connectivity index (χ0v) is 19.1. The molecular weight excluding hydrogens is 456 g/mol. The topological polar surface area (TPSA) is 126 Å². The third kappa shape index (κ3) is 5.07. The second-order valence-corrected chi connectivity index (χ2v) is 9.01. The van der Waals surface area contributed by atoms with E-state index in [9.17, 15) is 18.0 Å². The number of nitrogens with one attached hydrogen (secondary N) is 3. The van der Waals surface area contributed by atoms with Crippen molar-refractivity contribution in [3.8, 4) is 5.75 Å². The molecule has 0 saturated heterocycles. The molecule has 0 fully saturated rings. The largest absolute Gasteiger partial charge is 0.495 e. The number of fused-ring (bicyclic) bond motifs is 1. The number of rotatable bonds is 7. The molecule has 1 aliphatic heterocycles. The average molecular weight is 479 g/mol. The molecule has 0 aromatic heterocycles. The summed E-state index contributed by atoms with van der Waals surface area (Å²) in [5.41, 5.74) is 1.99. The molecule has 0 spiro atoms. The summed E-state index contributed by atoms with van der Waals surface area (Å²) in [4.78, 5) is 29.2. The summed E-state index contributed by atoms with van der Waals surface area (Å²) >= 11 is 0. The van der Waals surface area contributed by atoms with Gasteiger partial charge < -0.3 is 15.4 Å². The zero-order valence-electron chi connectivity index (χ0n) is 18.2. The Kier molecular flexibility index (Phi) is 6.60. The van der Waals surface area contributed by atoms with Gasteiger partial charge in [0.25, 0.3) is 15.9 Å². The summed E-state index contributed by atoms with van der Waals surface area (Å²) in [5.74, 6) is 0.188. The van der Waals surface area contributed by atoms with Crippen LogP contribution >= 0.6 is 0 Å². The number of carbonyl (C=O) groups excluding carboxylic acids is 2. The summed E-state index contributed by atoms with van der Waals surface area (Å²) in [6, 6.07) is 20.1. The van der Waals surface area contributed by atoms with Crippen molar-refractivity contribution >= 4 is 39.0 Å². The molecule has 0 radical (unpaired) electrons. The van der Waals surface area contributed by atoms with E-state index >= 15 is 0 Å². The van der Waals surface area contributed by atoms with Gasteiger partial charge >= 0.3 is 0 Å². The van der Waals surface area contributed by atoms with Crippen molar-refractivity contribution < 1.29 is 22.7 Å². The van der Waals surface area contributed by atoms with E-state index in [4.69, 9.17) is 4.74 Å². The van der Waals surface area contributed by atoms with Crippen molar-refractivity contribution in [3.05, 3.63) is 83.9 Å². The Balaban J connectivity index is 1.32. The van der Waals surface area contributed by atoms with Crippen molar-refractivity contribution in [2.75, 3.05) is 24.3 Å². The smallest absolute Gasteiger partial charge is 0.263 e. The minimum atomic E-state index is -3.61. The molecule has 0 aliphatic carbocycles. The summed E-state index contributed by atoms with van der Waals surface area (Å²) < 4.78 is 31.8. The molecule has 10 heteroatoms. The van der Waals surface area contributed by atoms with Crippen molar-refractivity contribution in [3.63, 3.8) is 0 Å². The van der Waals surface area contributed by atoms with Crippen LogP contribution in [0.2, 0.25) is 0 Å². The molecule has 1 heterocycles. The van der Waals surface area contributed by atoms with Gasteiger partial charge in [-0.3, -0.25) is 19.3 Å². The van der Waals surface area contributed by atoms with Gasteiger partial charge in [0, 0.05) is 23.2 Å². The third-order valence-corrected chi connectivity index (χ3v) is 6.45. The SMILES string of the molecule is COc1ccccc1NC(=O)c1ccc(NC(=O)CCN=C2NS(=O)(=O)c3ccccc32)cc1. The van der Waals surface area contributed by atoms with Gasteiger partial charge in [0.1, 0.15) is 11.6 Å². The Labute approximate surface area is 196 Å². The van der Waals surface area contributed by atoms with Gasteiger partial charge in [-0.1, -0.05) is 24.3 Å². The molecule has 3 aromatic rings. The summed E-state index contributed by atoms with van der Waals surface area (Å²) in [7, 11) is -2.08. The lowest BCUT2D eigenvalue weighted by atomic mass is 10.2. The van der Waals surface area contributed by atoms with Crippen LogP contribution in [0.4, 0.5) is 11.4 Å². The van der Waals surface area contributed by atoms with Gasteiger partial charge in [0.2, 0.25) is 5.91 Å². The average Bonchev–Trinajstić information content (AvgIpc) is 3.10. The Bertz CT molecular complexity index is 1370. The van der Waals surface area contributed by atoms with Crippen molar-refractivity contribution in [1.29, 1.82) is 0 Å². The molecule has 9 nitrogen and oxygen atoms in total. The molecule has 0 atom stereocenters. The van der Waals surface area contributed by atoms with Crippen LogP contribution in [0.25, 0.3) is 0 Å². The van der Waals surface area contributed by atoms with Crippen LogP contribution in [0.1, 0.15) is 22.3 Å². The number of methoxy groups -OCH3 is 1. The van der Waals surface area contributed by atoms with E-state index in [-0.39, 0.29) is 35.5 Å². The minimum Gasteiger partial charge on any atom is -0.495 e. The Morgan fingerprint density at radius 1 is 0.941 bits per heavy atom. The zero-order chi connectivity index (χ0) is 24.1. The highest BCUT2D eigenvalue weighted by molar-refractivity contribution is 7.90. The number of aliphatic imine (C=N–C) groups is 1. The third-order valence-electron chi connectivity index (χ3n) is 5.06. The predicted molar refractivity (Wildman–Crippen MR) is 129 cm³/mol. The van der Waals surface area contributed by atoms with E-state index < -0.39 is 10.0 Å². The Morgan fingerprint density at radius 2 is 1.65 bits per heavy atom. The van der Waals surface area contributed by atoms with E-state index in [1.54, 1.807) is 60.7 Å². The van der Waals surface area contributed by atoms with Gasteiger partial charge in [-0.25, -0.2) is 8.42 Å². The number of amidine groups is 1. The molecule has 0 bridgehead atoms. The molecule has 2 amide bonds. The minimum absolute atomic E-state index is 0.0590. The maximum Gasteiger partial charge on any atom is 0.263 e. The number of hydrogen-bond donors (Lipinski definition) is 3. The fraction of sp³-hybridized carbons (Fsp3) is 0.125. The van der Waals surface area contributed by atoms with Crippen LogP contribution in [0.5, 0.6) is 5.75 Å². The second-order valence-electron chi connectivity index (χ2n) is 7.36. The highest BCUT2D eigenvalue weighted by Crippen LogP contribution is 2.24. The lowest BCUT2D eigenvalue weighted by Crippen LogP contribution is -2.23. The van der Waals surface area contributed by atoms with Gasteiger partial charge in [-0.2, -0.15) is 0 Å². The highest BCUT2D eigenvalue weighted by Gasteiger charge is 2.29. The summed E-state index contributed by atoms with van der Waals surface area (Å²) in [5, 5.41) is 5.53. The Hall–Kier alpha value is -4.18. The molecule has 4 rings (SSSR count). The van der Waals surface area contributed by atoms with Crippen molar-refractivity contribution in [2.45, 2.75) is 11.3 Å². The van der Waals surface area contributed by atoms with E-state index in [2.05, 4.69) is 20.3 Å². The van der Waals surface area contributed by atoms with E-state index in [0.29, 0.717) is 28.3 Å². The van der Waals surface area contributed by atoms with Crippen molar-refractivity contribution in [2.24, 2.45) is 4.99 Å². The molecule has 3 N–H and O–H groups in total. The first-order valence-electron chi connectivity index (χ1n) is 10.4.